The number of alkyl halides is 8. The lowest BCUT2D eigenvalue weighted by Gasteiger charge is -2.25. The molecule has 0 aliphatic carbocycles. The fourth-order valence-electron chi connectivity index (χ4n) is 3.77. The summed E-state index contributed by atoms with van der Waals surface area (Å²) in [5.41, 5.74) is 0.872. The smallest absolute Gasteiger partial charge is 0.349 e. The van der Waals surface area contributed by atoms with Gasteiger partial charge < -0.3 is 10.6 Å². The molecular weight excluding hydrogens is 642 g/mol. The largest absolute Gasteiger partial charge is 0.461 e. The summed E-state index contributed by atoms with van der Waals surface area (Å²) in [6, 6.07) is 3.51. The molecule has 1 aromatic carbocycles. The third-order valence-electron chi connectivity index (χ3n) is 5.68. The average Bonchev–Trinajstić information content (AvgIpc) is 3.29. The number of nitrogens with zero attached hydrogens (tertiary/aromatic N) is 4. The Morgan fingerprint density at radius 2 is 1.79 bits per heavy atom. The predicted molar refractivity (Wildman–Crippen MR) is 139 cm³/mol. The Hall–Kier alpha value is -3.45. The summed E-state index contributed by atoms with van der Waals surface area (Å²) in [6.07, 6.45) is -12.3. The van der Waals surface area contributed by atoms with E-state index in [0.717, 1.165) is 6.20 Å². The van der Waals surface area contributed by atoms with Gasteiger partial charge in [0, 0.05) is 28.9 Å². The van der Waals surface area contributed by atoms with Crippen LogP contribution in [0, 0.1) is 6.92 Å². The first-order chi connectivity index (χ1) is 19.7. The van der Waals surface area contributed by atoms with Crippen molar-refractivity contribution in [2.24, 2.45) is 4.99 Å². The Morgan fingerprint density at radius 3 is 2.35 bits per heavy atom. The zero-order valence-corrected chi connectivity index (χ0v) is 23.8. The molecule has 2 amide bonds. The first kappa shape index (κ1) is 34.0. The third kappa shape index (κ3) is 7.94. The third-order valence-corrected chi connectivity index (χ3v) is 6.96. The second-order valence-electron chi connectivity index (χ2n) is 9.22. The van der Waals surface area contributed by atoms with E-state index in [1.807, 2.05) is 0 Å². The number of amidine groups is 1. The van der Waals surface area contributed by atoms with Crippen molar-refractivity contribution >= 4 is 45.7 Å². The van der Waals surface area contributed by atoms with Crippen LogP contribution in [0.2, 0.25) is 5.02 Å². The number of halogens is 9. The number of benzene rings is 1. The molecule has 43 heavy (non-hydrogen) atoms. The van der Waals surface area contributed by atoms with Crippen molar-refractivity contribution in [1.29, 1.82) is 0 Å². The van der Waals surface area contributed by atoms with Gasteiger partial charge in [0.15, 0.2) is 5.84 Å². The minimum absolute atomic E-state index is 0.0325. The van der Waals surface area contributed by atoms with Gasteiger partial charge in [-0.15, -0.1) is 0 Å². The zero-order valence-electron chi connectivity index (χ0n) is 22.2. The molecule has 0 spiro atoms. The van der Waals surface area contributed by atoms with Crippen LogP contribution in [0.15, 0.2) is 29.4 Å². The number of aryl methyl sites for hydroxylation is 1. The van der Waals surface area contributed by atoms with E-state index >= 15 is 0 Å². The number of hydrogen-bond acceptors (Lipinski definition) is 8. The number of anilines is 1. The van der Waals surface area contributed by atoms with E-state index in [9.17, 15) is 48.9 Å². The van der Waals surface area contributed by atoms with Crippen molar-refractivity contribution in [3.8, 4) is 0 Å². The lowest BCUT2D eigenvalue weighted by Crippen LogP contribution is -2.53. The molecule has 0 bridgehead atoms. The van der Waals surface area contributed by atoms with Gasteiger partial charge in [-0.2, -0.15) is 40.1 Å². The van der Waals surface area contributed by atoms with Crippen molar-refractivity contribution in [2.75, 3.05) is 17.3 Å². The van der Waals surface area contributed by atoms with Gasteiger partial charge in [0.1, 0.15) is 5.82 Å². The topological polar surface area (TPSA) is 129 Å². The number of nitrogens with one attached hydrogen (secondary N) is 3. The quantitative estimate of drug-likeness (QED) is 0.346. The maximum absolute atomic E-state index is 13.7. The second-order valence-corrected chi connectivity index (χ2v) is 11.1. The number of carbonyl (C=O) groups excluding carboxylic acids is 2. The van der Waals surface area contributed by atoms with Crippen LogP contribution in [0.3, 0.4) is 0 Å². The van der Waals surface area contributed by atoms with Crippen molar-refractivity contribution in [3.63, 3.8) is 0 Å². The van der Waals surface area contributed by atoms with Gasteiger partial charge in [-0.3, -0.25) is 19.2 Å². The highest BCUT2D eigenvalue weighted by Crippen LogP contribution is 2.39. The van der Waals surface area contributed by atoms with Crippen LogP contribution in [0.25, 0.3) is 0 Å². The van der Waals surface area contributed by atoms with Crippen LogP contribution in [0.1, 0.15) is 39.2 Å². The fraction of sp³-hybridized carbons (Fsp3) is 0.435. The number of aromatic nitrogens is 2. The number of aliphatic imine (C=N–C) groups is 1. The van der Waals surface area contributed by atoms with Crippen molar-refractivity contribution in [1.82, 2.24) is 25.7 Å². The summed E-state index contributed by atoms with van der Waals surface area (Å²) in [5, 5.41) is 4.90. The second kappa shape index (κ2) is 12.7. The summed E-state index contributed by atoms with van der Waals surface area (Å²) < 4.78 is 117. The number of carbonyl (C=O) groups is 2. The highest BCUT2D eigenvalue weighted by Gasteiger charge is 2.64. The molecule has 236 valence electrons. The Morgan fingerprint density at radius 1 is 1.14 bits per heavy atom. The molecular formula is C23H22ClF8N7O3S. The molecule has 0 saturated heterocycles. The highest BCUT2D eigenvalue weighted by molar-refractivity contribution is 7.84. The molecule has 1 aliphatic heterocycles. The van der Waals surface area contributed by atoms with Gasteiger partial charge in [-0.25, -0.2) is 15.0 Å². The number of rotatable bonds is 9. The van der Waals surface area contributed by atoms with Crippen LogP contribution in [-0.4, -0.2) is 79.3 Å². The molecule has 3 N–H and O–H groups in total. The Bertz CT molecular complexity index is 1450. The summed E-state index contributed by atoms with van der Waals surface area (Å²) in [4.78, 5) is 36.1. The summed E-state index contributed by atoms with van der Waals surface area (Å²) in [5.74, 6) is -9.85. The molecule has 3 atom stereocenters. The van der Waals surface area contributed by atoms with Crippen molar-refractivity contribution < 1.29 is 48.9 Å². The summed E-state index contributed by atoms with van der Waals surface area (Å²) >= 11 is 6.17. The molecule has 20 heteroatoms. The van der Waals surface area contributed by atoms with Gasteiger partial charge in [-0.1, -0.05) is 17.7 Å². The van der Waals surface area contributed by atoms with Crippen LogP contribution in [0.5, 0.6) is 0 Å². The van der Waals surface area contributed by atoms with E-state index in [0.29, 0.717) is 0 Å². The van der Waals surface area contributed by atoms with E-state index in [4.69, 9.17) is 11.6 Å². The highest BCUT2D eigenvalue weighted by atomic mass is 35.5. The molecule has 1 aliphatic rings. The molecule has 2 heterocycles. The van der Waals surface area contributed by atoms with Crippen LogP contribution in [0.4, 0.5) is 40.8 Å². The molecule has 0 radical (unpaired) electrons. The lowest BCUT2D eigenvalue weighted by atomic mass is 10.1. The molecule has 3 rings (SSSR count). The van der Waals surface area contributed by atoms with Crippen LogP contribution < -0.4 is 16.1 Å². The van der Waals surface area contributed by atoms with Gasteiger partial charge in [-0.05, 0) is 26.0 Å². The predicted octanol–water partition coefficient (Wildman–Crippen LogP) is 3.99. The molecule has 2 unspecified atom stereocenters. The van der Waals surface area contributed by atoms with Gasteiger partial charge in [0.25, 0.3) is 11.8 Å². The summed E-state index contributed by atoms with van der Waals surface area (Å²) in [6.45, 7) is 1.89. The first-order valence-electron chi connectivity index (χ1n) is 11.9. The SMILES string of the molecule is Cc1nc(CN2NC(C(F)(F)C(F)(F)F)=NC2C(F)(F)F)ncc1NC(=O)c1cccc(Cl)c1C(=O)N[C@@H](C)CS(C)=O. The Balaban J connectivity index is 1.80. The minimum Gasteiger partial charge on any atom is -0.349 e. The number of hydrazine groups is 1. The molecule has 10 nitrogen and oxygen atoms in total. The molecule has 0 fully saturated rings. The average molecular weight is 664 g/mol. The van der Waals surface area contributed by atoms with Gasteiger partial charge in [0.05, 0.1) is 40.3 Å². The van der Waals surface area contributed by atoms with Crippen molar-refractivity contribution in [2.45, 2.75) is 50.9 Å². The first-order valence-corrected chi connectivity index (χ1v) is 14.0. The lowest BCUT2D eigenvalue weighted by molar-refractivity contribution is -0.250. The van der Waals surface area contributed by atoms with E-state index in [1.54, 1.807) is 6.92 Å². The monoisotopic (exact) mass is 663 g/mol. The van der Waals surface area contributed by atoms with E-state index in [-0.39, 0.29) is 38.3 Å². The molecule has 1 aromatic heterocycles. The maximum Gasteiger partial charge on any atom is 0.461 e. The minimum atomic E-state index is -6.21. The normalized spacial score (nSPS) is 17.6. The van der Waals surface area contributed by atoms with Gasteiger partial charge >= 0.3 is 18.3 Å². The van der Waals surface area contributed by atoms with Crippen LogP contribution >= 0.6 is 11.6 Å². The van der Waals surface area contributed by atoms with E-state index in [2.05, 4.69) is 25.6 Å². The number of amides is 2. The van der Waals surface area contributed by atoms with E-state index in [1.165, 1.54) is 36.8 Å². The summed E-state index contributed by atoms with van der Waals surface area (Å²) in [7, 11) is -1.23. The standard InChI is InChI=1S/C23H22ClF8N7O3S/c1-10(9-43(3)42)34-18(41)16-12(5-4-6-13(16)24)17(40)36-14-7-33-15(35-11(14)2)8-39-20(22(27,28)29)37-19(38-39)21(25,26)23(30,31)32/h4-7,10,20H,8-9H2,1-3H3,(H,34,41)(H,36,40)(H,37,38)/t10-,20?,43?/m0/s1. The zero-order chi connectivity index (χ0) is 32.5. The Kier molecular flexibility index (Phi) is 10.0. The Labute approximate surface area is 245 Å². The maximum atomic E-state index is 13.7. The molecule has 2 aromatic rings. The van der Waals surface area contributed by atoms with E-state index < -0.39 is 71.3 Å². The number of hydrogen-bond donors (Lipinski definition) is 3. The van der Waals surface area contributed by atoms with Crippen LogP contribution in [-0.2, 0) is 17.3 Å². The van der Waals surface area contributed by atoms with Crippen molar-refractivity contribution in [3.05, 3.63) is 52.1 Å². The molecule has 0 saturated carbocycles. The van der Waals surface area contributed by atoms with Gasteiger partial charge in [0.2, 0.25) is 6.17 Å². The fourth-order valence-corrected chi connectivity index (χ4v) is 4.82.